The number of hydrogen-bond donors (Lipinski definition) is 0. The summed E-state index contributed by atoms with van der Waals surface area (Å²) in [6.45, 7) is 6.97. The fourth-order valence-electron chi connectivity index (χ4n) is 4.36. The van der Waals surface area contributed by atoms with E-state index < -0.39 is 12.1 Å². The Bertz CT molecular complexity index is 494. The maximum absolute atomic E-state index is 12.3. The summed E-state index contributed by atoms with van der Waals surface area (Å²) in [7, 11) is 0. The number of rotatable bonds is 20. The van der Waals surface area contributed by atoms with Gasteiger partial charge >= 0.3 is 12.1 Å². The standard InChI is InChI=1S/C27H49NO4/c1-3-5-6-7-8-9-10-11-12-13-14-15-16-17-18-19-24-31-26(29)25-21-20-22-28(25)27(30)32-23-4-2/h4,25H,2-3,5-24H2,1H3. The Balaban J connectivity index is 1.89. The van der Waals surface area contributed by atoms with E-state index in [0.29, 0.717) is 19.6 Å². The van der Waals surface area contributed by atoms with E-state index in [1.807, 2.05) is 0 Å². The summed E-state index contributed by atoms with van der Waals surface area (Å²) in [5.41, 5.74) is 0. The maximum atomic E-state index is 12.3. The highest BCUT2D eigenvalue weighted by atomic mass is 16.6. The molecule has 1 aliphatic rings. The van der Waals surface area contributed by atoms with Crippen molar-refractivity contribution in [2.24, 2.45) is 0 Å². The number of esters is 1. The van der Waals surface area contributed by atoms with Crippen LogP contribution in [0.1, 0.15) is 122 Å². The van der Waals surface area contributed by atoms with Crippen LogP contribution in [0.3, 0.4) is 0 Å². The highest BCUT2D eigenvalue weighted by Gasteiger charge is 2.36. The summed E-state index contributed by atoms with van der Waals surface area (Å²) < 4.78 is 10.5. The predicted octanol–water partition coefficient (Wildman–Crippen LogP) is 7.58. The van der Waals surface area contributed by atoms with Gasteiger partial charge in [0, 0.05) is 6.54 Å². The molecule has 1 heterocycles. The van der Waals surface area contributed by atoms with E-state index in [1.54, 1.807) is 0 Å². The molecule has 0 bridgehead atoms. The van der Waals surface area contributed by atoms with Gasteiger partial charge in [-0.3, -0.25) is 4.90 Å². The van der Waals surface area contributed by atoms with Crippen molar-refractivity contribution in [3.8, 4) is 0 Å². The average molecular weight is 452 g/mol. The molecule has 0 aromatic carbocycles. The zero-order chi connectivity index (χ0) is 23.3. The van der Waals surface area contributed by atoms with Crippen LogP contribution in [0.2, 0.25) is 0 Å². The van der Waals surface area contributed by atoms with E-state index in [4.69, 9.17) is 9.47 Å². The lowest BCUT2D eigenvalue weighted by Gasteiger charge is -2.22. The van der Waals surface area contributed by atoms with Gasteiger partial charge in [0.2, 0.25) is 0 Å². The maximum Gasteiger partial charge on any atom is 0.410 e. The minimum atomic E-state index is -0.492. The first-order chi connectivity index (χ1) is 15.7. The molecular formula is C27H49NO4. The lowest BCUT2D eigenvalue weighted by atomic mass is 10.0. The molecule has 1 rings (SSSR count). The zero-order valence-corrected chi connectivity index (χ0v) is 20.8. The first-order valence-corrected chi connectivity index (χ1v) is 13.4. The molecule has 1 fully saturated rings. The van der Waals surface area contributed by atoms with Gasteiger partial charge in [-0.25, -0.2) is 9.59 Å². The van der Waals surface area contributed by atoms with Crippen molar-refractivity contribution in [1.29, 1.82) is 0 Å². The van der Waals surface area contributed by atoms with E-state index in [1.165, 1.54) is 101 Å². The van der Waals surface area contributed by atoms with Crippen molar-refractivity contribution in [1.82, 2.24) is 4.90 Å². The Hall–Kier alpha value is -1.52. The van der Waals surface area contributed by atoms with Crippen LogP contribution in [0.25, 0.3) is 0 Å². The number of carbonyl (C=O) groups excluding carboxylic acids is 2. The molecule has 5 heteroatoms. The van der Waals surface area contributed by atoms with Crippen LogP contribution < -0.4 is 0 Å². The molecule has 0 aromatic rings. The van der Waals surface area contributed by atoms with Crippen LogP contribution in [-0.4, -0.2) is 42.8 Å². The van der Waals surface area contributed by atoms with Crippen molar-refractivity contribution >= 4 is 12.1 Å². The topological polar surface area (TPSA) is 55.8 Å². The van der Waals surface area contributed by atoms with Crippen LogP contribution in [-0.2, 0) is 14.3 Å². The second-order valence-electron chi connectivity index (χ2n) is 9.19. The van der Waals surface area contributed by atoms with Gasteiger partial charge in [-0.2, -0.15) is 0 Å². The molecule has 5 nitrogen and oxygen atoms in total. The van der Waals surface area contributed by atoms with Crippen molar-refractivity contribution in [2.75, 3.05) is 19.8 Å². The van der Waals surface area contributed by atoms with E-state index in [2.05, 4.69) is 13.5 Å². The molecule has 1 atom stereocenters. The third-order valence-corrected chi connectivity index (χ3v) is 6.33. The SMILES string of the molecule is C=CCOC(=O)N1CCCC1C(=O)OCCCCCCCCCCCCCCCCCC. The molecule has 0 saturated carbocycles. The molecule has 0 spiro atoms. The second-order valence-corrected chi connectivity index (χ2v) is 9.19. The minimum Gasteiger partial charge on any atom is -0.464 e. The number of nitrogens with zero attached hydrogens (tertiary/aromatic N) is 1. The molecule has 1 unspecified atom stereocenters. The zero-order valence-electron chi connectivity index (χ0n) is 20.8. The van der Waals surface area contributed by atoms with E-state index >= 15 is 0 Å². The number of amides is 1. The Morgan fingerprint density at radius 3 is 1.81 bits per heavy atom. The van der Waals surface area contributed by atoms with Crippen LogP contribution in [0.4, 0.5) is 4.79 Å². The fraction of sp³-hybridized carbons (Fsp3) is 0.852. The number of hydrogen-bond acceptors (Lipinski definition) is 4. The van der Waals surface area contributed by atoms with Crippen molar-refractivity contribution in [3.63, 3.8) is 0 Å². The van der Waals surface area contributed by atoms with Gasteiger partial charge in [-0.05, 0) is 19.3 Å². The Morgan fingerprint density at radius 1 is 0.812 bits per heavy atom. The van der Waals surface area contributed by atoms with Gasteiger partial charge in [0.1, 0.15) is 12.6 Å². The van der Waals surface area contributed by atoms with E-state index in [-0.39, 0.29) is 12.6 Å². The molecule has 32 heavy (non-hydrogen) atoms. The summed E-state index contributed by atoms with van der Waals surface area (Å²) in [5, 5.41) is 0. The molecule has 0 radical (unpaired) electrons. The highest BCUT2D eigenvalue weighted by Crippen LogP contribution is 2.20. The lowest BCUT2D eigenvalue weighted by molar-refractivity contribution is -0.148. The Kier molecular flexibility index (Phi) is 17.9. The monoisotopic (exact) mass is 451 g/mol. The molecular weight excluding hydrogens is 402 g/mol. The molecule has 186 valence electrons. The Morgan fingerprint density at radius 2 is 1.31 bits per heavy atom. The number of ether oxygens (including phenoxy) is 2. The number of unbranched alkanes of at least 4 members (excludes halogenated alkanes) is 15. The normalized spacial score (nSPS) is 15.7. The second kappa shape index (κ2) is 20.1. The lowest BCUT2D eigenvalue weighted by Crippen LogP contribution is -2.41. The molecule has 0 aromatic heterocycles. The number of likely N-dealkylation sites (tertiary alicyclic amines) is 1. The summed E-state index contributed by atoms with van der Waals surface area (Å²) in [4.78, 5) is 25.8. The summed E-state index contributed by atoms with van der Waals surface area (Å²) in [6, 6.07) is -0.492. The third kappa shape index (κ3) is 13.8. The molecule has 1 aliphatic heterocycles. The third-order valence-electron chi connectivity index (χ3n) is 6.33. The first kappa shape index (κ1) is 28.5. The van der Waals surface area contributed by atoms with Crippen molar-refractivity contribution < 1.29 is 19.1 Å². The van der Waals surface area contributed by atoms with E-state index in [0.717, 1.165) is 19.3 Å². The van der Waals surface area contributed by atoms with Gasteiger partial charge in [0.15, 0.2) is 0 Å². The van der Waals surface area contributed by atoms with Gasteiger partial charge in [-0.15, -0.1) is 0 Å². The van der Waals surface area contributed by atoms with Crippen molar-refractivity contribution in [3.05, 3.63) is 12.7 Å². The highest BCUT2D eigenvalue weighted by molar-refractivity contribution is 5.82. The molecule has 0 N–H and O–H groups in total. The quantitative estimate of drug-likeness (QED) is 0.109. The van der Waals surface area contributed by atoms with Crippen LogP contribution in [0, 0.1) is 0 Å². The van der Waals surface area contributed by atoms with Crippen LogP contribution >= 0.6 is 0 Å². The predicted molar refractivity (Wildman–Crippen MR) is 132 cm³/mol. The summed E-state index contributed by atoms with van der Waals surface area (Å²) in [5.74, 6) is -0.293. The summed E-state index contributed by atoms with van der Waals surface area (Å²) in [6.07, 6.45) is 23.7. The first-order valence-electron chi connectivity index (χ1n) is 13.4. The van der Waals surface area contributed by atoms with Gasteiger partial charge in [0.25, 0.3) is 0 Å². The molecule has 0 aliphatic carbocycles. The molecule has 1 amide bonds. The smallest absolute Gasteiger partial charge is 0.410 e. The van der Waals surface area contributed by atoms with Crippen molar-refractivity contribution in [2.45, 2.75) is 129 Å². The minimum absolute atomic E-state index is 0.163. The number of carbonyl (C=O) groups is 2. The van der Waals surface area contributed by atoms with Crippen LogP contribution in [0.5, 0.6) is 0 Å². The fourth-order valence-corrected chi connectivity index (χ4v) is 4.36. The van der Waals surface area contributed by atoms with Crippen LogP contribution in [0.15, 0.2) is 12.7 Å². The average Bonchev–Trinajstić information content (AvgIpc) is 3.29. The van der Waals surface area contributed by atoms with Gasteiger partial charge < -0.3 is 9.47 Å². The summed E-state index contributed by atoms with van der Waals surface area (Å²) >= 11 is 0. The van der Waals surface area contributed by atoms with E-state index in [9.17, 15) is 9.59 Å². The largest absolute Gasteiger partial charge is 0.464 e. The van der Waals surface area contributed by atoms with Gasteiger partial charge in [0.05, 0.1) is 6.61 Å². The Labute approximate surface area is 197 Å². The van der Waals surface area contributed by atoms with Gasteiger partial charge in [-0.1, -0.05) is 116 Å². The molecule has 1 saturated heterocycles.